The quantitative estimate of drug-likeness (QED) is 0.366. The summed E-state index contributed by atoms with van der Waals surface area (Å²) in [7, 11) is -0.724. The molecule has 3 unspecified atom stereocenters. The van der Waals surface area contributed by atoms with Gasteiger partial charge in [-0.2, -0.15) is 0 Å². The zero-order valence-corrected chi connectivity index (χ0v) is 19.9. The standard InChI is InChI=1S/C24H38N4O2S/c1-3-25-24(27-21-11-7-12-22(17-21)31(30)4-2)26-15-8-13-23(29)28-16-14-19-9-5-6-10-20(19)18-28/h5-6,9-10,21-22H,3-4,7-8,11-18H2,1-2H3,(H2,25,26,27). The van der Waals surface area contributed by atoms with Crippen LogP contribution < -0.4 is 10.6 Å². The average molecular weight is 447 g/mol. The molecule has 1 amide bonds. The first-order chi connectivity index (χ1) is 15.1. The van der Waals surface area contributed by atoms with Crippen molar-refractivity contribution in [3.8, 4) is 0 Å². The van der Waals surface area contributed by atoms with Crippen LogP contribution in [0.2, 0.25) is 0 Å². The second-order valence-electron chi connectivity index (χ2n) is 8.50. The lowest BCUT2D eigenvalue weighted by molar-refractivity contribution is -0.132. The van der Waals surface area contributed by atoms with Gasteiger partial charge >= 0.3 is 0 Å². The third kappa shape index (κ3) is 7.06. The van der Waals surface area contributed by atoms with E-state index in [1.54, 1.807) is 0 Å². The summed E-state index contributed by atoms with van der Waals surface area (Å²) >= 11 is 0. The second-order valence-corrected chi connectivity index (χ2v) is 10.5. The topological polar surface area (TPSA) is 73.8 Å². The van der Waals surface area contributed by atoms with Crippen LogP contribution in [-0.4, -0.2) is 57.7 Å². The molecule has 1 aliphatic carbocycles. The lowest BCUT2D eigenvalue weighted by atomic mass is 9.95. The van der Waals surface area contributed by atoms with Crippen molar-refractivity contribution < 1.29 is 9.00 Å². The number of aliphatic imine (C=N–C) groups is 1. The van der Waals surface area contributed by atoms with Gasteiger partial charge in [-0.25, -0.2) is 0 Å². The lowest BCUT2D eigenvalue weighted by Gasteiger charge is -2.30. The normalized spacial score (nSPS) is 22.5. The summed E-state index contributed by atoms with van der Waals surface area (Å²) in [6.45, 7) is 7.03. The van der Waals surface area contributed by atoms with Crippen molar-refractivity contribution in [2.24, 2.45) is 4.99 Å². The van der Waals surface area contributed by atoms with E-state index in [9.17, 15) is 9.00 Å². The number of fused-ring (bicyclic) bond motifs is 1. The van der Waals surface area contributed by atoms with Crippen LogP contribution in [0, 0.1) is 0 Å². The van der Waals surface area contributed by atoms with E-state index >= 15 is 0 Å². The minimum absolute atomic E-state index is 0.222. The zero-order valence-electron chi connectivity index (χ0n) is 19.1. The fraction of sp³-hybridized carbons (Fsp3) is 0.667. The maximum atomic E-state index is 12.6. The fourth-order valence-electron chi connectivity index (χ4n) is 4.55. The number of carbonyl (C=O) groups excluding carboxylic acids is 1. The van der Waals surface area contributed by atoms with E-state index in [1.807, 2.05) is 17.9 Å². The number of nitrogens with zero attached hydrogens (tertiary/aromatic N) is 2. The number of hydrogen-bond acceptors (Lipinski definition) is 3. The summed E-state index contributed by atoms with van der Waals surface area (Å²) in [6, 6.07) is 8.73. The van der Waals surface area contributed by atoms with Crippen molar-refractivity contribution >= 4 is 22.7 Å². The van der Waals surface area contributed by atoms with Gasteiger partial charge in [-0.3, -0.25) is 14.0 Å². The molecule has 0 radical (unpaired) electrons. The van der Waals surface area contributed by atoms with Crippen molar-refractivity contribution in [3.05, 3.63) is 35.4 Å². The highest BCUT2D eigenvalue weighted by Gasteiger charge is 2.26. The van der Waals surface area contributed by atoms with Crippen LogP contribution in [0.4, 0.5) is 0 Å². The summed E-state index contributed by atoms with van der Waals surface area (Å²) in [5.41, 5.74) is 2.64. The molecule has 7 heteroatoms. The Kier molecular flexibility index (Phi) is 9.37. The fourth-order valence-corrected chi connectivity index (χ4v) is 5.90. The minimum atomic E-state index is -0.724. The summed E-state index contributed by atoms with van der Waals surface area (Å²) in [4.78, 5) is 19.3. The highest BCUT2D eigenvalue weighted by Crippen LogP contribution is 2.23. The molecule has 1 aliphatic heterocycles. The lowest BCUT2D eigenvalue weighted by Crippen LogP contribution is -2.46. The van der Waals surface area contributed by atoms with Crippen LogP contribution in [0.5, 0.6) is 0 Å². The molecule has 6 nitrogen and oxygen atoms in total. The second kappa shape index (κ2) is 12.2. The Morgan fingerprint density at radius 1 is 1.23 bits per heavy atom. The van der Waals surface area contributed by atoms with E-state index in [0.29, 0.717) is 24.3 Å². The number of benzene rings is 1. The van der Waals surface area contributed by atoms with E-state index < -0.39 is 10.8 Å². The molecule has 1 saturated carbocycles. The van der Waals surface area contributed by atoms with E-state index in [0.717, 1.165) is 69.9 Å². The molecule has 3 atom stereocenters. The van der Waals surface area contributed by atoms with Crippen LogP contribution in [-0.2, 0) is 28.6 Å². The summed E-state index contributed by atoms with van der Waals surface area (Å²) < 4.78 is 12.2. The van der Waals surface area contributed by atoms with Crippen LogP contribution >= 0.6 is 0 Å². The minimum Gasteiger partial charge on any atom is -0.357 e. The molecule has 1 aromatic rings. The average Bonchev–Trinajstić information content (AvgIpc) is 2.81. The number of hydrogen-bond donors (Lipinski definition) is 2. The number of amides is 1. The number of nitrogens with one attached hydrogen (secondary N) is 2. The van der Waals surface area contributed by atoms with Gasteiger partial charge in [-0.15, -0.1) is 0 Å². The maximum Gasteiger partial charge on any atom is 0.222 e. The first-order valence-corrected chi connectivity index (χ1v) is 13.3. The van der Waals surface area contributed by atoms with Gasteiger partial charge in [0.15, 0.2) is 5.96 Å². The van der Waals surface area contributed by atoms with Crippen molar-refractivity contribution in [2.75, 3.05) is 25.4 Å². The SMILES string of the molecule is CCNC(=NCCCC(=O)N1CCc2ccccc2C1)NC1CCCC(S(=O)CC)C1. The van der Waals surface area contributed by atoms with Crippen LogP contribution in [0.3, 0.4) is 0 Å². The number of rotatable bonds is 8. The van der Waals surface area contributed by atoms with E-state index in [-0.39, 0.29) is 5.91 Å². The van der Waals surface area contributed by atoms with Crippen molar-refractivity contribution in [3.63, 3.8) is 0 Å². The highest BCUT2D eigenvalue weighted by molar-refractivity contribution is 7.85. The monoisotopic (exact) mass is 446 g/mol. The molecule has 2 aliphatic rings. The van der Waals surface area contributed by atoms with Gasteiger partial charge in [0.25, 0.3) is 0 Å². The van der Waals surface area contributed by atoms with Crippen LogP contribution in [0.1, 0.15) is 63.5 Å². The molecule has 1 fully saturated rings. The smallest absolute Gasteiger partial charge is 0.222 e. The Bertz CT molecular complexity index is 783. The molecule has 1 heterocycles. The molecule has 31 heavy (non-hydrogen) atoms. The molecule has 0 spiro atoms. The molecule has 0 aromatic heterocycles. The van der Waals surface area contributed by atoms with E-state index in [2.05, 4.69) is 35.8 Å². The highest BCUT2D eigenvalue weighted by atomic mass is 32.2. The van der Waals surface area contributed by atoms with Gasteiger partial charge in [-0.1, -0.05) is 37.6 Å². The van der Waals surface area contributed by atoms with Crippen molar-refractivity contribution in [2.45, 2.75) is 76.6 Å². The molecule has 0 saturated heterocycles. The molecule has 3 rings (SSSR count). The predicted octanol–water partition coefficient (Wildman–Crippen LogP) is 2.99. The van der Waals surface area contributed by atoms with Gasteiger partial charge in [-0.05, 0) is 50.2 Å². The molecular formula is C24H38N4O2S. The zero-order chi connectivity index (χ0) is 22.1. The van der Waals surface area contributed by atoms with E-state index in [4.69, 9.17) is 4.99 Å². The summed E-state index contributed by atoms with van der Waals surface area (Å²) in [6.07, 6.45) is 6.44. The van der Waals surface area contributed by atoms with Gasteiger partial charge in [0, 0.05) is 60.4 Å². The first kappa shape index (κ1) is 23.8. The Hall–Kier alpha value is -1.89. The van der Waals surface area contributed by atoms with Gasteiger partial charge < -0.3 is 15.5 Å². The summed E-state index contributed by atoms with van der Waals surface area (Å²) in [5, 5.41) is 7.15. The van der Waals surface area contributed by atoms with E-state index in [1.165, 1.54) is 11.1 Å². The van der Waals surface area contributed by atoms with Gasteiger partial charge in [0.1, 0.15) is 0 Å². The molecule has 2 N–H and O–H groups in total. The Morgan fingerprint density at radius 3 is 2.81 bits per heavy atom. The van der Waals surface area contributed by atoms with Gasteiger partial charge in [0.05, 0.1) is 0 Å². The van der Waals surface area contributed by atoms with Crippen molar-refractivity contribution in [1.29, 1.82) is 0 Å². The third-order valence-electron chi connectivity index (χ3n) is 6.27. The molecular weight excluding hydrogens is 408 g/mol. The van der Waals surface area contributed by atoms with Gasteiger partial charge in [0.2, 0.25) is 5.91 Å². The number of guanidine groups is 1. The Morgan fingerprint density at radius 2 is 2.03 bits per heavy atom. The predicted molar refractivity (Wildman–Crippen MR) is 129 cm³/mol. The molecule has 0 bridgehead atoms. The Labute approximate surface area is 189 Å². The number of carbonyl (C=O) groups is 1. The van der Waals surface area contributed by atoms with Crippen LogP contribution in [0.15, 0.2) is 29.3 Å². The molecule has 172 valence electrons. The summed E-state index contributed by atoms with van der Waals surface area (Å²) in [5.74, 6) is 1.77. The van der Waals surface area contributed by atoms with Crippen LogP contribution in [0.25, 0.3) is 0 Å². The Balaban J connectivity index is 1.44. The third-order valence-corrected chi connectivity index (χ3v) is 8.01. The van der Waals surface area contributed by atoms with Crippen molar-refractivity contribution in [1.82, 2.24) is 15.5 Å². The molecule has 1 aromatic carbocycles. The maximum absolute atomic E-state index is 12.6. The largest absolute Gasteiger partial charge is 0.357 e. The first-order valence-electron chi connectivity index (χ1n) is 11.9.